The number of thiophene rings is 1. The highest BCUT2D eigenvalue weighted by Gasteiger charge is 2.48. The van der Waals surface area contributed by atoms with Crippen LogP contribution in [-0.2, 0) is 9.59 Å². The van der Waals surface area contributed by atoms with Crippen molar-refractivity contribution < 1.29 is 23.5 Å². The van der Waals surface area contributed by atoms with Gasteiger partial charge in [-0.2, -0.15) is 0 Å². The third kappa shape index (κ3) is 3.61. The van der Waals surface area contributed by atoms with E-state index in [9.17, 15) is 23.5 Å². The van der Waals surface area contributed by atoms with Crippen molar-refractivity contribution in [2.24, 2.45) is 0 Å². The highest BCUT2D eigenvalue weighted by molar-refractivity contribution is 7.22. The molecule has 1 fully saturated rings. The van der Waals surface area contributed by atoms with Gasteiger partial charge in [0.25, 0.3) is 5.78 Å². The van der Waals surface area contributed by atoms with Gasteiger partial charge in [-0.15, -0.1) is 11.3 Å². The number of rotatable bonds is 3. The van der Waals surface area contributed by atoms with Crippen molar-refractivity contribution in [3.8, 4) is 0 Å². The van der Waals surface area contributed by atoms with Crippen LogP contribution in [0.5, 0.6) is 0 Å². The number of fused-ring (bicyclic) bond motifs is 1. The quantitative estimate of drug-likeness (QED) is 0.187. The summed E-state index contributed by atoms with van der Waals surface area (Å²) in [7, 11) is 0. The number of Topliss-reactive ketones (excluding diaryl/α,β-unsaturated/α-hetero) is 1. The first-order valence-corrected chi connectivity index (χ1v) is 11.8. The van der Waals surface area contributed by atoms with Crippen LogP contribution in [0.25, 0.3) is 16.0 Å². The maximum absolute atomic E-state index is 14.3. The zero-order valence-corrected chi connectivity index (χ0v) is 19.3. The SMILES string of the molecule is O=C1C(=O)N(c2nc3c(F)cc(F)cc3s2)C(c2cccs2)/C1=C(\O)c1ccc(Cl)c(Cl)c1. The van der Waals surface area contributed by atoms with Gasteiger partial charge in [0.15, 0.2) is 10.9 Å². The molecule has 1 aliphatic heterocycles. The second-order valence-corrected chi connectivity index (χ2v) is 9.85. The average Bonchev–Trinajstić information content (AvgIpc) is 3.49. The highest BCUT2D eigenvalue weighted by atomic mass is 35.5. The lowest BCUT2D eigenvalue weighted by Crippen LogP contribution is -2.28. The standard InChI is InChI=1S/C22H10Cl2F2N2O3S2/c23-11-4-3-9(6-12(11)24)19(29)16-18(14-2-1-5-32-14)28(21(31)20(16)30)22-27-17-13(26)7-10(25)8-15(17)33-22/h1-8,18,29H/b19-16+. The van der Waals surface area contributed by atoms with E-state index in [0.717, 1.165) is 22.3 Å². The van der Waals surface area contributed by atoms with E-state index in [0.29, 0.717) is 10.9 Å². The third-order valence-corrected chi connectivity index (χ3v) is 7.72. The molecule has 11 heteroatoms. The molecule has 0 saturated carbocycles. The highest BCUT2D eigenvalue weighted by Crippen LogP contribution is 2.46. The Morgan fingerprint density at radius 3 is 2.58 bits per heavy atom. The molecule has 0 bridgehead atoms. The number of hydrogen-bond donors (Lipinski definition) is 1. The van der Waals surface area contributed by atoms with E-state index in [1.807, 2.05) is 0 Å². The number of thiazole rings is 1. The molecule has 33 heavy (non-hydrogen) atoms. The first kappa shape index (κ1) is 22.0. The predicted octanol–water partition coefficient (Wildman–Crippen LogP) is 6.57. The molecular weight excluding hydrogens is 513 g/mol. The molecule has 0 radical (unpaired) electrons. The van der Waals surface area contributed by atoms with Gasteiger partial charge in [0.1, 0.15) is 23.1 Å². The largest absolute Gasteiger partial charge is 0.507 e. The smallest absolute Gasteiger partial charge is 0.301 e. The van der Waals surface area contributed by atoms with Gasteiger partial charge in [0, 0.05) is 16.5 Å². The van der Waals surface area contributed by atoms with E-state index < -0.39 is 35.1 Å². The number of ketones is 1. The van der Waals surface area contributed by atoms with Crippen LogP contribution in [0.15, 0.2) is 53.4 Å². The fraction of sp³-hybridized carbons (Fsp3) is 0.0455. The second kappa shape index (κ2) is 8.18. The maximum Gasteiger partial charge on any atom is 0.301 e. The molecule has 2 aromatic heterocycles. The van der Waals surface area contributed by atoms with Gasteiger partial charge in [0.2, 0.25) is 0 Å². The van der Waals surface area contributed by atoms with E-state index in [1.165, 1.54) is 29.5 Å². The van der Waals surface area contributed by atoms with Crippen molar-refractivity contribution in [2.75, 3.05) is 4.90 Å². The number of benzene rings is 2. The number of aliphatic hydroxyl groups excluding tert-OH is 1. The topological polar surface area (TPSA) is 70.5 Å². The number of amides is 1. The lowest BCUT2D eigenvalue weighted by atomic mass is 10.00. The molecule has 1 saturated heterocycles. The summed E-state index contributed by atoms with van der Waals surface area (Å²) in [5, 5.41) is 13.2. The fourth-order valence-electron chi connectivity index (χ4n) is 3.59. The zero-order chi connectivity index (χ0) is 23.4. The lowest BCUT2D eigenvalue weighted by molar-refractivity contribution is -0.132. The van der Waals surface area contributed by atoms with Gasteiger partial charge in [-0.05, 0) is 35.7 Å². The molecule has 1 N–H and O–H groups in total. The van der Waals surface area contributed by atoms with Gasteiger partial charge in [-0.3, -0.25) is 14.5 Å². The summed E-state index contributed by atoms with van der Waals surface area (Å²) in [5.41, 5.74) is -0.0965. The summed E-state index contributed by atoms with van der Waals surface area (Å²) in [6, 6.07) is 8.52. The zero-order valence-electron chi connectivity index (χ0n) is 16.2. The molecule has 1 aliphatic rings. The molecule has 3 heterocycles. The number of hydrogen-bond acceptors (Lipinski definition) is 6. The van der Waals surface area contributed by atoms with Crippen molar-refractivity contribution in [1.29, 1.82) is 0 Å². The first-order chi connectivity index (χ1) is 15.8. The van der Waals surface area contributed by atoms with Gasteiger partial charge in [0.05, 0.1) is 20.3 Å². The predicted molar refractivity (Wildman–Crippen MR) is 125 cm³/mol. The number of anilines is 1. The Labute approximate surface area is 203 Å². The number of aromatic nitrogens is 1. The van der Waals surface area contributed by atoms with E-state index >= 15 is 0 Å². The number of carbonyl (C=O) groups excluding carboxylic acids is 2. The van der Waals surface area contributed by atoms with Crippen LogP contribution in [0, 0.1) is 11.6 Å². The molecule has 1 unspecified atom stereocenters. The van der Waals surface area contributed by atoms with Crippen molar-refractivity contribution in [3.63, 3.8) is 0 Å². The molecule has 2 aromatic carbocycles. The van der Waals surface area contributed by atoms with Crippen molar-refractivity contribution in [1.82, 2.24) is 4.98 Å². The van der Waals surface area contributed by atoms with E-state index in [-0.39, 0.29) is 36.5 Å². The summed E-state index contributed by atoms with van der Waals surface area (Å²) in [6.45, 7) is 0. The van der Waals surface area contributed by atoms with Gasteiger partial charge in [-0.1, -0.05) is 40.6 Å². The van der Waals surface area contributed by atoms with Crippen LogP contribution in [0.1, 0.15) is 16.5 Å². The van der Waals surface area contributed by atoms with Crippen LogP contribution in [0.2, 0.25) is 10.0 Å². The van der Waals surface area contributed by atoms with Gasteiger partial charge >= 0.3 is 5.91 Å². The average molecular weight is 523 g/mol. The van der Waals surface area contributed by atoms with Gasteiger partial charge < -0.3 is 5.11 Å². The summed E-state index contributed by atoms with van der Waals surface area (Å²) >= 11 is 14.1. The molecule has 5 nitrogen and oxygen atoms in total. The Morgan fingerprint density at radius 2 is 1.88 bits per heavy atom. The third-order valence-electron chi connectivity index (χ3n) is 5.06. The molecule has 5 rings (SSSR count). The monoisotopic (exact) mass is 522 g/mol. The van der Waals surface area contributed by atoms with Crippen LogP contribution < -0.4 is 4.90 Å². The molecule has 166 valence electrons. The fourth-order valence-corrected chi connectivity index (χ4v) is 5.75. The normalized spacial score (nSPS) is 17.9. The van der Waals surface area contributed by atoms with E-state index in [2.05, 4.69) is 4.98 Å². The Morgan fingerprint density at radius 1 is 1.09 bits per heavy atom. The van der Waals surface area contributed by atoms with Gasteiger partial charge in [-0.25, -0.2) is 13.8 Å². The molecule has 1 atom stereocenters. The summed E-state index contributed by atoms with van der Waals surface area (Å²) in [4.78, 5) is 32.0. The van der Waals surface area contributed by atoms with Crippen LogP contribution in [0.3, 0.4) is 0 Å². The number of nitrogens with zero attached hydrogens (tertiary/aromatic N) is 2. The second-order valence-electron chi connectivity index (χ2n) is 7.04. The molecule has 0 aliphatic carbocycles. The summed E-state index contributed by atoms with van der Waals surface area (Å²) < 4.78 is 28.1. The number of halogens is 4. The summed E-state index contributed by atoms with van der Waals surface area (Å²) in [5.74, 6) is -4.00. The maximum atomic E-state index is 14.3. The lowest BCUT2D eigenvalue weighted by Gasteiger charge is -2.21. The van der Waals surface area contributed by atoms with Crippen LogP contribution >= 0.6 is 45.9 Å². The van der Waals surface area contributed by atoms with E-state index in [1.54, 1.807) is 17.5 Å². The van der Waals surface area contributed by atoms with Crippen molar-refractivity contribution in [3.05, 3.63) is 85.5 Å². The van der Waals surface area contributed by atoms with E-state index in [4.69, 9.17) is 23.2 Å². The molecule has 1 amide bonds. The number of carbonyl (C=O) groups is 2. The molecule has 4 aromatic rings. The molecule has 0 spiro atoms. The van der Waals surface area contributed by atoms with Crippen molar-refractivity contribution in [2.45, 2.75) is 6.04 Å². The number of aliphatic hydroxyl groups is 1. The van der Waals surface area contributed by atoms with Crippen LogP contribution in [-0.4, -0.2) is 21.8 Å². The first-order valence-electron chi connectivity index (χ1n) is 9.31. The Hall–Kier alpha value is -2.85. The minimum absolute atomic E-state index is 0.00295. The minimum atomic E-state index is -1.02. The Balaban J connectivity index is 1.72. The minimum Gasteiger partial charge on any atom is -0.507 e. The Bertz CT molecular complexity index is 1480. The van der Waals surface area contributed by atoms with Crippen LogP contribution in [0.4, 0.5) is 13.9 Å². The Kier molecular flexibility index (Phi) is 5.44. The molecular formula is C22H10Cl2F2N2O3S2. The van der Waals surface area contributed by atoms with Crippen molar-refractivity contribution >= 4 is 78.7 Å². The summed E-state index contributed by atoms with van der Waals surface area (Å²) in [6.07, 6.45) is 0.